The van der Waals surface area contributed by atoms with E-state index >= 15 is 0 Å². The number of nitro groups is 1. The summed E-state index contributed by atoms with van der Waals surface area (Å²) < 4.78 is 0. The van der Waals surface area contributed by atoms with Gasteiger partial charge < -0.3 is 11.1 Å². The molecular weight excluding hydrogens is 274 g/mol. The number of anilines is 1. The van der Waals surface area contributed by atoms with Gasteiger partial charge in [0.1, 0.15) is 0 Å². The van der Waals surface area contributed by atoms with Crippen LogP contribution in [0.4, 0.5) is 11.5 Å². The summed E-state index contributed by atoms with van der Waals surface area (Å²) in [5, 5.41) is 14.2. The number of hydrogen-bond donors (Lipinski definition) is 2. The van der Waals surface area contributed by atoms with Crippen LogP contribution in [0.3, 0.4) is 0 Å². The maximum absolute atomic E-state index is 11.0. The summed E-state index contributed by atoms with van der Waals surface area (Å²) in [5.41, 5.74) is 5.89. The number of carbonyl (C=O) groups is 1. The van der Waals surface area contributed by atoms with Gasteiger partial charge in [-0.05, 0) is 25.8 Å². The van der Waals surface area contributed by atoms with Crippen LogP contribution in [0.25, 0.3) is 0 Å². The number of aryl methyl sites for hydroxylation is 1. The zero-order chi connectivity index (χ0) is 15.4. The Hall–Kier alpha value is -2.22. The van der Waals surface area contributed by atoms with Gasteiger partial charge in [-0.1, -0.05) is 0 Å². The average Bonchev–Trinajstić information content (AvgIpc) is 2.40. The summed E-state index contributed by atoms with van der Waals surface area (Å²) in [6, 6.07) is 3.20. The number of amides is 1. The zero-order valence-electron chi connectivity index (χ0n) is 11.9. The van der Waals surface area contributed by atoms with Gasteiger partial charge in [0, 0.05) is 30.9 Å². The summed E-state index contributed by atoms with van der Waals surface area (Å²) in [5.74, 6) is -0.0225. The number of nitrogens with two attached hydrogens (primary N) is 1. The lowest BCUT2D eigenvalue weighted by atomic mass is 10.0. The van der Waals surface area contributed by atoms with Crippen molar-refractivity contribution in [3.8, 4) is 0 Å². The highest BCUT2D eigenvalue weighted by Gasteiger charge is 2.23. The van der Waals surface area contributed by atoms with Crippen molar-refractivity contribution in [1.29, 1.82) is 0 Å². The number of piperidine rings is 1. The van der Waals surface area contributed by atoms with Crippen molar-refractivity contribution in [3.05, 3.63) is 27.9 Å². The fourth-order valence-corrected chi connectivity index (χ4v) is 2.45. The molecule has 0 saturated carbocycles. The molecule has 1 amide bonds. The molecule has 2 rings (SSSR count). The molecule has 8 heteroatoms. The quantitative estimate of drug-likeness (QED) is 0.609. The van der Waals surface area contributed by atoms with Crippen molar-refractivity contribution in [2.75, 3.05) is 25.0 Å². The molecule has 1 aliphatic heterocycles. The highest BCUT2D eigenvalue weighted by atomic mass is 16.6. The first-order valence-corrected chi connectivity index (χ1v) is 6.85. The van der Waals surface area contributed by atoms with E-state index in [9.17, 15) is 14.9 Å². The number of carbonyl (C=O) groups excluding carboxylic acids is 1. The van der Waals surface area contributed by atoms with Crippen LogP contribution in [0, 0.1) is 17.0 Å². The molecule has 21 heavy (non-hydrogen) atoms. The van der Waals surface area contributed by atoms with Gasteiger partial charge in [0.25, 0.3) is 0 Å². The van der Waals surface area contributed by atoms with E-state index in [2.05, 4.69) is 10.3 Å². The van der Waals surface area contributed by atoms with Gasteiger partial charge in [-0.2, -0.15) is 0 Å². The number of likely N-dealkylation sites (tertiary alicyclic amines) is 1. The van der Waals surface area contributed by atoms with Crippen molar-refractivity contribution in [2.45, 2.75) is 25.8 Å². The first kappa shape index (κ1) is 15.2. The molecule has 3 N–H and O–H groups in total. The Morgan fingerprint density at radius 3 is 2.76 bits per heavy atom. The Bertz CT molecular complexity index is 541. The third-order valence-corrected chi connectivity index (χ3v) is 3.52. The lowest BCUT2D eigenvalue weighted by molar-refractivity contribution is -0.384. The van der Waals surface area contributed by atoms with Gasteiger partial charge in [0.2, 0.25) is 11.7 Å². The SMILES string of the molecule is Cc1ccc([N+](=O)[O-])c(NC2CCN(CC(N)=O)CC2)n1. The second-order valence-electron chi connectivity index (χ2n) is 5.24. The molecule has 0 radical (unpaired) electrons. The maximum Gasteiger partial charge on any atom is 0.311 e. The van der Waals surface area contributed by atoms with Crippen LogP contribution in [-0.4, -0.2) is 46.4 Å². The Balaban J connectivity index is 1.99. The molecule has 2 heterocycles. The van der Waals surface area contributed by atoms with Crippen LogP contribution < -0.4 is 11.1 Å². The normalized spacial score (nSPS) is 16.6. The molecule has 8 nitrogen and oxygen atoms in total. The second-order valence-corrected chi connectivity index (χ2v) is 5.24. The topological polar surface area (TPSA) is 114 Å². The number of nitrogens with zero attached hydrogens (tertiary/aromatic N) is 3. The third-order valence-electron chi connectivity index (χ3n) is 3.52. The smallest absolute Gasteiger partial charge is 0.311 e. The summed E-state index contributed by atoms with van der Waals surface area (Å²) in [6.45, 7) is 3.53. The molecule has 0 aromatic carbocycles. The fraction of sp³-hybridized carbons (Fsp3) is 0.538. The van der Waals surface area contributed by atoms with E-state index in [1.165, 1.54) is 6.07 Å². The summed E-state index contributed by atoms with van der Waals surface area (Å²) in [4.78, 5) is 27.7. The van der Waals surface area contributed by atoms with E-state index in [0.717, 1.165) is 31.6 Å². The number of pyridine rings is 1. The van der Waals surface area contributed by atoms with E-state index in [4.69, 9.17) is 5.73 Å². The van der Waals surface area contributed by atoms with Gasteiger partial charge in [0.05, 0.1) is 11.5 Å². The van der Waals surface area contributed by atoms with Gasteiger partial charge in [-0.15, -0.1) is 0 Å². The number of nitrogens with one attached hydrogen (secondary N) is 1. The van der Waals surface area contributed by atoms with Crippen molar-refractivity contribution in [2.24, 2.45) is 5.73 Å². The van der Waals surface area contributed by atoms with Gasteiger partial charge in [0.15, 0.2) is 0 Å². The van der Waals surface area contributed by atoms with Crippen molar-refractivity contribution in [1.82, 2.24) is 9.88 Å². The molecule has 1 aliphatic rings. The van der Waals surface area contributed by atoms with Crippen molar-refractivity contribution >= 4 is 17.4 Å². The minimum atomic E-state index is -0.434. The molecule has 0 unspecified atom stereocenters. The number of hydrogen-bond acceptors (Lipinski definition) is 6. The molecule has 0 spiro atoms. The first-order chi connectivity index (χ1) is 9.95. The number of primary amides is 1. The predicted octanol–water partition coefficient (Wildman–Crippen LogP) is 0.660. The Kier molecular flexibility index (Phi) is 4.69. The summed E-state index contributed by atoms with van der Waals surface area (Å²) in [6.07, 6.45) is 1.58. The highest BCUT2D eigenvalue weighted by Crippen LogP contribution is 2.24. The lowest BCUT2D eigenvalue weighted by Crippen LogP contribution is -2.43. The molecule has 0 atom stereocenters. The van der Waals surface area contributed by atoms with E-state index in [0.29, 0.717) is 5.82 Å². The zero-order valence-corrected chi connectivity index (χ0v) is 11.9. The molecular formula is C13H19N5O3. The monoisotopic (exact) mass is 293 g/mol. The van der Waals surface area contributed by atoms with Gasteiger partial charge >= 0.3 is 5.69 Å². The lowest BCUT2D eigenvalue weighted by Gasteiger charge is -2.31. The van der Waals surface area contributed by atoms with E-state index in [1.807, 2.05) is 4.90 Å². The fourth-order valence-electron chi connectivity index (χ4n) is 2.45. The summed E-state index contributed by atoms with van der Waals surface area (Å²) >= 11 is 0. The molecule has 0 aliphatic carbocycles. The minimum Gasteiger partial charge on any atom is -0.369 e. The molecule has 1 aromatic rings. The highest BCUT2D eigenvalue weighted by molar-refractivity contribution is 5.75. The van der Waals surface area contributed by atoms with Gasteiger partial charge in [-0.3, -0.25) is 19.8 Å². The molecule has 1 aromatic heterocycles. The largest absolute Gasteiger partial charge is 0.369 e. The molecule has 1 fully saturated rings. The van der Waals surface area contributed by atoms with Gasteiger partial charge in [-0.25, -0.2) is 4.98 Å². The van der Waals surface area contributed by atoms with Crippen molar-refractivity contribution in [3.63, 3.8) is 0 Å². The Labute approximate surface area is 122 Å². The van der Waals surface area contributed by atoms with Crippen molar-refractivity contribution < 1.29 is 9.72 Å². The average molecular weight is 293 g/mol. The summed E-state index contributed by atoms with van der Waals surface area (Å²) in [7, 11) is 0. The Morgan fingerprint density at radius 2 is 2.19 bits per heavy atom. The van der Waals surface area contributed by atoms with Crippen LogP contribution in [0.15, 0.2) is 12.1 Å². The van der Waals surface area contributed by atoms with Crippen LogP contribution >= 0.6 is 0 Å². The molecule has 1 saturated heterocycles. The van der Waals surface area contributed by atoms with E-state index in [-0.39, 0.29) is 24.2 Å². The predicted molar refractivity (Wildman–Crippen MR) is 77.9 cm³/mol. The van der Waals surface area contributed by atoms with E-state index < -0.39 is 4.92 Å². The number of rotatable bonds is 5. The Morgan fingerprint density at radius 1 is 1.52 bits per heavy atom. The second kappa shape index (κ2) is 6.49. The minimum absolute atomic E-state index is 0.0137. The van der Waals surface area contributed by atoms with E-state index in [1.54, 1.807) is 13.0 Å². The third kappa shape index (κ3) is 4.12. The maximum atomic E-state index is 11.0. The van der Waals surface area contributed by atoms with Crippen LogP contribution in [0.2, 0.25) is 0 Å². The molecule has 0 bridgehead atoms. The molecule has 114 valence electrons. The van der Waals surface area contributed by atoms with Crippen LogP contribution in [0.1, 0.15) is 18.5 Å². The first-order valence-electron chi connectivity index (χ1n) is 6.85. The van der Waals surface area contributed by atoms with Crippen LogP contribution in [-0.2, 0) is 4.79 Å². The standard InChI is InChI=1S/C13H19N5O3/c1-9-2-3-11(18(20)21)13(15-9)16-10-4-6-17(7-5-10)8-12(14)19/h2-3,10H,4-8H2,1H3,(H2,14,19)(H,15,16). The van der Waals surface area contributed by atoms with Crippen LogP contribution in [0.5, 0.6) is 0 Å². The number of aromatic nitrogens is 1.